The number of benzene rings is 1. The van der Waals surface area contributed by atoms with Gasteiger partial charge in [-0.15, -0.1) is 0 Å². The normalized spacial score (nSPS) is 13.9. The summed E-state index contributed by atoms with van der Waals surface area (Å²) in [6, 6.07) is 10.4. The van der Waals surface area contributed by atoms with Gasteiger partial charge in [-0.05, 0) is 18.9 Å². The predicted octanol–water partition coefficient (Wildman–Crippen LogP) is 2.68. The van der Waals surface area contributed by atoms with Crippen LogP contribution in [0, 0.1) is 0 Å². The second kappa shape index (κ2) is 8.23. The number of carbonyl (C=O) groups is 1. The second-order valence-electron chi connectivity index (χ2n) is 4.77. The molecule has 0 spiro atoms. The Bertz CT molecular complexity index is 383. The van der Waals surface area contributed by atoms with Crippen molar-refractivity contribution < 1.29 is 4.79 Å². The molecule has 3 nitrogen and oxygen atoms in total. The highest BCUT2D eigenvalue weighted by Crippen LogP contribution is 2.19. The highest BCUT2D eigenvalue weighted by atomic mass is 32.2. The molecule has 1 aromatic carbocycles. The molecule has 0 bridgehead atoms. The number of rotatable bonds is 7. The van der Waals surface area contributed by atoms with Crippen LogP contribution in [0.15, 0.2) is 30.3 Å². The highest BCUT2D eigenvalue weighted by molar-refractivity contribution is 7.99. The summed E-state index contributed by atoms with van der Waals surface area (Å²) in [5.74, 6) is 1.50. The van der Waals surface area contributed by atoms with Crippen molar-refractivity contribution in [2.24, 2.45) is 5.73 Å². The van der Waals surface area contributed by atoms with E-state index in [0.29, 0.717) is 5.75 Å². The fourth-order valence-corrected chi connectivity index (χ4v) is 2.72. The molecule has 19 heavy (non-hydrogen) atoms. The zero-order valence-electron chi connectivity index (χ0n) is 12.0. The molecule has 0 fully saturated rings. The fourth-order valence-electron chi connectivity index (χ4n) is 1.69. The molecule has 1 amide bonds. The first-order chi connectivity index (χ1) is 9.06. The fraction of sp³-hybridized carbons (Fsp3) is 0.533. The SMILES string of the molecule is CCC(N)CSCC(=O)N(C)C(C)c1ccccc1. The number of amides is 1. The zero-order chi connectivity index (χ0) is 14.3. The number of nitrogens with zero attached hydrogens (tertiary/aromatic N) is 1. The van der Waals surface area contributed by atoms with Gasteiger partial charge in [0.25, 0.3) is 0 Å². The molecule has 0 aliphatic carbocycles. The van der Waals surface area contributed by atoms with Crippen LogP contribution in [0.1, 0.15) is 31.9 Å². The smallest absolute Gasteiger partial charge is 0.232 e. The quantitative estimate of drug-likeness (QED) is 0.835. The molecule has 0 radical (unpaired) electrons. The van der Waals surface area contributed by atoms with E-state index in [1.54, 1.807) is 16.7 Å². The topological polar surface area (TPSA) is 46.3 Å². The summed E-state index contributed by atoms with van der Waals surface area (Å²) >= 11 is 1.62. The van der Waals surface area contributed by atoms with Gasteiger partial charge in [-0.2, -0.15) is 11.8 Å². The van der Waals surface area contributed by atoms with Gasteiger partial charge in [-0.1, -0.05) is 37.3 Å². The van der Waals surface area contributed by atoms with Gasteiger partial charge in [0.15, 0.2) is 0 Å². The van der Waals surface area contributed by atoms with Crippen LogP contribution in [-0.4, -0.2) is 35.4 Å². The van der Waals surface area contributed by atoms with Gasteiger partial charge in [0.2, 0.25) is 5.91 Å². The average molecular weight is 280 g/mol. The van der Waals surface area contributed by atoms with E-state index in [1.807, 2.05) is 25.2 Å². The van der Waals surface area contributed by atoms with Crippen LogP contribution in [0.5, 0.6) is 0 Å². The molecule has 106 valence electrons. The van der Waals surface area contributed by atoms with Gasteiger partial charge in [0.05, 0.1) is 11.8 Å². The summed E-state index contributed by atoms with van der Waals surface area (Å²) in [6.07, 6.45) is 0.956. The van der Waals surface area contributed by atoms with Crippen molar-refractivity contribution in [3.05, 3.63) is 35.9 Å². The number of hydrogen-bond acceptors (Lipinski definition) is 3. The average Bonchev–Trinajstić information content (AvgIpc) is 2.46. The molecule has 0 saturated heterocycles. The molecule has 0 heterocycles. The number of hydrogen-bond donors (Lipinski definition) is 1. The Kier molecular flexibility index (Phi) is 6.95. The molecule has 0 aliphatic rings. The second-order valence-corrected chi connectivity index (χ2v) is 5.81. The predicted molar refractivity (Wildman–Crippen MR) is 83.2 cm³/mol. The minimum atomic E-state index is 0.106. The van der Waals surface area contributed by atoms with E-state index in [9.17, 15) is 4.79 Å². The lowest BCUT2D eigenvalue weighted by Crippen LogP contribution is -2.32. The minimum absolute atomic E-state index is 0.106. The molecule has 2 N–H and O–H groups in total. The summed E-state index contributed by atoms with van der Waals surface area (Å²) in [7, 11) is 1.86. The molecule has 0 saturated carbocycles. The van der Waals surface area contributed by atoms with Crippen LogP contribution in [0.2, 0.25) is 0 Å². The van der Waals surface area contributed by atoms with Crippen molar-refractivity contribution in [1.29, 1.82) is 0 Å². The van der Waals surface area contributed by atoms with Crippen LogP contribution in [0.3, 0.4) is 0 Å². The first kappa shape index (κ1) is 16.1. The third-order valence-electron chi connectivity index (χ3n) is 3.34. The largest absolute Gasteiger partial charge is 0.338 e. The first-order valence-corrected chi connectivity index (χ1v) is 7.85. The van der Waals surface area contributed by atoms with Crippen molar-refractivity contribution in [2.45, 2.75) is 32.4 Å². The lowest BCUT2D eigenvalue weighted by Gasteiger charge is -2.25. The number of thioether (sulfide) groups is 1. The molecule has 2 unspecified atom stereocenters. The van der Waals surface area contributed by atoms with Gasteiger partial charge in [-0.25, -0.2) is 0 Å². The number of nitrogens with two attached hydrogens (primary N) is 1. The monoisotopic (exact) mass is 280 g/mol. The lowest BCUT2D eigenvalue weighted by atomic mass is 10.1. The van der Waals surface area contributed by atoms with Gasteiger partial charge >= 0.3 is 0 Å². The molecular weight excluding hydrogens is 256 g/mol. The van der Waals surface area contributed by atoms with Crippen LogP contribution >= 0.6 is 11.8 Å². The van der Waals surface area contributed by atoms with E-state index in [0.717, 1.165) is 17.7 Å². The maximum absolute atomic E-state index is 12.1. The first-order valence-electron chi connectivity index (χ1n) is 6.70. The minimum Gasteiger partial charge on any atom is -0.338 e. The third-order valence-corrected chi connectivity index (χ3v) is 4.45. The summed E-state index contributed by atoms with van der Waals surface area (Å²) in [4.78, 5) is 13.9. The van der Waals surface area contributed by atoms with E-state index >= 15 is 0 Å². The van der Waals surface area contributed by atoms with E-state index in [2.05, 4.69) is 26.0 Å². The summed E-state index contributed by atoms with van der Waals surface area (Å²) in [6.45, 7) is 4.12. The van der Waals surface area contributed by atoms with Crippen molar-refractivity contribution in [3.8, 4) is 0 Å². The molecule has 1 rings (SSSR count). The van der Waals surface area contributed by atoms with Crippen molar-refractivity contribution in [2.75, 3.05) is 18.6 Å². The third kappa shape index (κ3) is 5.25. The molecule has 2 atom stereocenters. The van der Waals surface area contributed by atoms with E-state index < -0.39 is 0 Å². The van der Waals surface area contributed by atoms with E-state index in [-0.39, 0.29) is 18.0 Å². The number of carbonyl (C=O) groups excluding carboxylic acids is 1. The van der Waals surface area contributed by atoms with Crippen LogP contribution in [0.25, 0.3) is 0 Å². The van der Waals surface area contributed by atoms with Gasteiger partial charge < -0.3 is 10.6 Å². The Morgan fingerprint density at radius 1 is 1.37 bits per heavy atom. The van der Waals surface area contributed by atoms with Gasteiger partial charge in [0, 0.05) is 18.8 Å². The van der Waals surface area contributed by atoms with Crippen molar-refractivity contribution >= 4 is 17.7 Å². The summed E-state index contributed by atoms with van der Waals surface area (Å²) in [5.41, 5.74) is 7.00. The summed E-state index contributed by atoms with van der Waals surface area (Å²) < 4.78 is 0. The van der Waals surface area contributed by atoms with E-state index in [1.165, 1.54) is 0 Å². The highest BCUT2D eigenvalue weighted by Gasteiger charge is 2.17. The van der Waals surface area contributed by atoms with Gasteiger partial charge in [-0.3, -0.25) is 4.79 Å². The van der Waals surface area contributed by atoms with Crippen LogP contribution < -0.4 is 5.73 Å². The molecule has 0 aliphatic heterocycles. The molecule has 4 heteroatoms. The Hall–Kier alpha value is -1.00. The molecule has 0 aromatic heterocycles. The molecule has 1 aromatic rings. The Morgan fingerprint density at radius 3 is 2.58 bits per heavy atom. The van der Waals surface area contributed by atoms with Crippen molar-refractivity contribution in [3.63, 3.8) is 0 Å². The molecular formula is C15H24N2OS. The lowest BCUT2D eigenvalue weighted by molar-refractivity contribution is -0.128. The standard InChI is InChI=1S/C15H24N2OS/c1-4-14(16)10-19-11-15(18)17(3)12(2)13-8-6-5-7-9-13/h5-9,12,14H,4,10-11,16H2,1-3H3. The van der Waals surface area contributed by atoms with Crippen LogP contribution in [-0.2, 0) is 4.79 Å². The van der Waals surface area contributed by atoms with Gasteiger partial charge in [0.1, 0.15) is 0 Å². The Labute approximate surface area is 120 Å². The van der Waals surface area contributed by atoms with E-state index in [4.69, 9.17) is 5.73 Å². The van der Waals surface area contributed by atoms with Crippen LogP contribution in [0.4, 0.5) is 0 Å². The Balaban J connectivity index is 2.44. The maximum atomic E-state index is 12.1. The summed E-state index contributed by atoms with van der Waals surface area (Å²) in [5, 5.41) is 0. The zero-order valence-corrected chi connectivity index (χ0v) is 12.8. The Morgan fingerprint density at radius 2 is 2.00 bits per heavy atom. The maximum Gasteiger partial charge on any atom is 0.232 e. The van der Waals surface area contributed by atoms with Crippen molar-refractivity contribution in [1.82, 2.24) is 4.90 Å².